The second kappa shape index (κ2) is 8.49. The summed E-state index contributed by atoms with van der Waals surface area (Å²) in [6.45, 7) is 6.88. The number of allylic oxidation sites excluding steroid dienone is 1. The molecule has 0 fully saturated rings. The molecule has 1 aromatic heterocycles. The largest absolute Gasteiger partial charge is 0.386 e. The Morgan fingerprint density at radius 2 is 2.00 bits per heavy atom. The van der Waals surface area contributed by atoms with Crippen molar-refractivity contribution in [2.24, 2.45) is 10.7 Å². The summed E-state index contributed by atoms with van der Waals surface area (Å²) in [5.74, 6) is -2.63. The van der Waals surface area contributed by atoms with Crippen molar-refractivity contribution < 1.29 is 22.0 Å². The predicted molar refractivity (Wildman–Crippen MR) is 125 cm³/mol. The van der Waals surface area contributed by atoms with Crippen LogP contribution in [0, 0.1) is 5.82 Å². The molecule has 11 heteroatoms. The van der Waals surface area contributed by atoms with Crippen molar-refractivity contribution in [1.29, 1.82) is 0 Å². The molecule has 2 aromatic rings. The van der Waals surface area contributed by atoms with Crippen molar-refractivity contribution in [2.45, 2.75) is 31.1 Å². The van der Waals surface area contributed by atoms with E-state index in [1.165, 1.54) is 32.2 Å². The molecule has 3 N–H and O–H groups in total. The van der Waals surface area contributed by atoms with Crippen molar-refractivity contribution >= 4 is 44.4 Å². The number of aromatic nitrogens is 1. The van der Waals surface area contributed by atoms with Gasteiger partial charge in [-0.3, -0.25) is 9.79 Å². The maximum atomic E-state index is 14.8. The first-order valence-corrected chi connectivity index (χ1v) is 11.8. The van der Waals surface area contributed by atoms with E-state index < -0.39 is 44.3 Å². The van der Waals surface area contributed by atoms with Gasteiger partial charge in [0.15, 0.2) is 9.84 Å². The lowest BCUT2D eigenvalue weighted by Gasteiger charge is -2.38. The molecule has 1 aliphatic heterocycles. The van der Waals surface area contributed by atoms with Crippen LogP contribution >= 0.6 is 11.6 Å². The Balaban J connectivity index is 2.06. The van der Waals surface area contributed by atoms with Gasteiger partial charge in [0, 0.05) is 23.0 Å². The van der Waals surface area contributed by atoms with Gasteiger partial charge in [-0.1, -0.05) is 18.2 Å². The van der Waals surface area contributed by atoms with Gasteiger partial charge in [-0.05, 0) is 50.6 Å². The van der Waals surface area contributed by atoms with Gasteiger partial charge in [0.05, 0.1) is 10.8 Å². The summed E-state index contributed by atoms with van der Waals surface area (Å²) in [7, 11) is -3.97. The number of alkyl halides is 1. The molecule has 0 saturated carbocycles. The minimum absolute atomic E-state index is 0.0299. The maximum Gasteiger partial charge on any atom is 0.274 e. The van der Waals surface area contributed by atoms with Crippen molar-refractivity contribution in [3.05, 3.63) is 64.7 Å². The molecule has 0 bridgehead atoms. The van der Waals surface area contributed by atoms with Crippen LogP contribution in [-0.4, -0.2) is 42.3 Å². The molecular weight excluding hydrogens is 474 g/mol. The number of carbonyl (C=O) groups excluding carboxylic acids is 1. The van der Waals surface area contributed by atoms with Crippen molar-refractivity contribution in [1.82, 2.24) is 4.98 Å². The number of hydrogen-bond acceptors (Lipinski definition) is 6. The van der Waals surface area contributed by atoms with E-state index in [1.54, 1.807) is 6.92 Å². The van der Waals surface area contributed by atoms with Crippen LogP contribution in [0.15, 0.2) is 42.0 Å². The lowest BCUT2D eigenvalue weighted by molar-refractivity contribution is 0.102. The van der Waals surface area contributed by atoms with Crippen molar-refractivity contribution in [2.75, 3.05) is 17.7 Å². The zero-order chi connectivity index (χ0) is 24.8. The van der Waals surface area contributed by atoms with Crippen LogP contribution in [0.25, 0.3) is 5.57 Å². The predicted octanol–water partition coefficient (Wildman–Crippen LogP) is 3.89. The first kappa shape index (κ1) is 24.8. The van der Waals surface area contributed by atoms with Crippen LogP contribution in [0.4, 0.5) is 14.5 Å². The lowest BCUT2D eigenvalue weighted by atomic mass is 9.92. The molecule has 3 rings (SSSR count). The highest BCUT2D eigenvalue weighted by atomic mass is 35.5. The Kier molecular flexibility index (Phi) is 6.38. The molecule has 1 aromatic carbocycles. The number of aliphatic imine (C=N–C) groups is 1. The number of rotatable bonds is 5. The van der Waals surface area contributed by atoms with Crippen LogP contribution in [0.1, 0.15) is 42.4 Å². The molecule has 7 nitrogen and oxygen atoms in total. The quantitative estimate of drug-likeness (QED) is 0.651. The Bertz CT molecular complexity index is 1290. The van der Waals surface area contributed by atoms with Gasteiger partial charge < -0.3 is 11.1 Å². The first-order valence-electron chi connectivity index (χ1n) is 9.81. The summed E-state index contributed by atoms with van der Waals surface area (Å²) < 4.78 is 53.2. The van der Waals surface area contributed by atoms with Crippen LogP contribution in [0.5, 0.6) is 0 Å². The highest BCUT2D eigenvalue weighted by Crippen LogP contribution is 2.39. The lowest BCUT2D eigenvalue weighted by Crippen LogP contribution is -2.56. The summed E-state index contributed by atoms with van der Waals surface area (Å²) in [5.41, 5.74) is 4.53. The molecule has 0 spiro atoms. The number of benzene rings is 1. The number of amides is 1. The standard InChI is InChI=1S/C22H23ClF2N4O3S/c1-12(2)15-7-13(23)9-27-18(15)19(30)28-14-5-6-17(25)16(8-14)22(10-24)11-33(31,32)21(3,4)20(26)29-22/h5-9H,1,10-11H2,2-4H3,(H2,26,29)(H,28,30)/t22-/m0/s1. The zero-order valence-corrected chi connectivity index (χ0v) is 19.8. The molecule has 0 unspecified atom stereocenters. The highest BCUT2D eigenvalue weighted by molar-refractivity contribution is 7.93. The monoisotopic (exact) mass is 496 g/mol. The van der Waals surface area contributed by atoms with Gasteiger partial charge in [-0.2, -0.15) is 0 Å². The van der Waals surface area contributed by atoms with Gasteiger partial charge >= 0.3 is 0 Å². The molecule has 1 atom stereocenters. The number of sulfone groups is 1. The molecule has 176 valence electrons. The van der Waals surface area contributed by atoms with Gasteiger partial charge in [0.1, 0.15) is 34.3 Å². The number of anilines is 1. The van der Waals surface area contributed by atoms with Gasteiger partial charge in [-0.15, -0.1) is 0 Å². The fraction of sp³-hybridized carbons (Fsp3) is 0.318. The van der Waals surface area contributed by atoms with E-state index in [0.29, 0.717) is 16.2 Å². The van der Waals surface area contributed by atoms with Crippen LogP contribution in [-0.2, 0) is 15.4 Å². The minimum atomic E-state index is -3.97. The van der Waals surface area contributed by atoms with E-state index in [4.69, 9.17) is 17.3 Å². The molecule has 1 amide bonds. The van der Waals surface area contributed by atoms with Gasteiger partial charge in [-0.25, -0.2) is 22.2 Å². The van der Waals surface area contributed by atoms with E-state index in [-0.39, 0.29) is 22.8 Å². The number of nitrogens with one attached hydrogen (secondary N) is 1. The van der Waals surface area contributed by atoms with Gasteiger partial charge in [0.25, 0.3) is 5.91 Å². The van der Waals surface area contributed by atoms with Crippen molar-refractivity contribution in [3.63, 3.8) is 0 Å². The Hall–Kier alpha value is -2.85. The summed E-state index contributed by atoms with van der Waals surface area (Å²) in [4.78, 5) is 21.0. The molecular formula is C22H23ClF2N4O3S. The fourth-order valence-corrected chi connectivity index (χ4v) is 5.23. The van der Waals surface area contributed by atoms with E-state index in [9.17, 15) is 22.0 Å². The Labute approximate surface area is 195 Å². The topological polar surface area (TPSA) is 115 Å². The van der Waals surface area contributed by atoms with Crippen molar-refractivity contribution in [3.8, 4) is 0 Å². The molecule has 0 saturated heterocycles. The maximum absolute atomic E-state index is 14.8. The van der Waals surface area contributed by atoms with Crippen LogP contribution < -0.4 is 11.1 Å². The molecule has 0 aliphatic carbocycles. The number of amidine groups is 1. The minimum Gasteiger partial charge on any atom is -0.386 e. The number of carbonyl (C=O) groups is 1. The average Bonchev–Trinajstić information content (AvgIpc) is 2.73. The van der Waals surface area contributed by atoms with E-state index in [1.807, 2.05) is 0 Å². The number of nitrogens with two attached hydrogens (primary N) is 1. The Morgan fingerprint density at radius 1 is 1.33 bits per heavy atom. The number of nitrogens with zero attached hydrogens (tertiary/aromatic N) is 2. The Morgan fingerprint density at radius 3 is 2.58 bits per heavy atom. The normalized spacial score (nSPS) is 21.2. The fourth-order valence-electron chi connectivity index (χ4n) is 3.43. The second-order valence-corrected chi connectivity index (χ2v) is 11.4. The first-order chi connectivity index (χ1) is 15.2. The summed E-state index contributed by atoms with van der Waals surface area (Å²) >= 11 is 5.95. The highest BCUT2D eigenvalue weighted by Gasteiger charge is 2.52. The summed E-state index contributed by atoms with van der Waals surface area (Å²) in [5, 5.41) is 2.88. The van der Waals surface area contributed by atoms with Crippen LogP contribution in [0.3, 0.4) is 0 Å². The number of halogens is 3. The third kappa shape index (κ3) is 4.37. The smallest absolute Gasteiger partial charge is 0.274 e. The zero-order valence-electron chi connectivity index (χ0n) is 18.2. The molecule has 0 radical (unpaired) electrons. The third-order valence-electron chi connectivity index (χ3n) is 5.63. The van der Waals surface area contributed by atoms with Gasteiger partial charge in [0.2, 0.25) is 0 Å². The summed E-state index contributed by atoms with van der Waals surface area (Å²) in [6, 6.07) is 4.93. The van der Waals surface area contributed by atoms with E-state index >= 15 is 0 Å². The number of hydrogen-bond donors (Lipinski definition) is 2. The van der Waals surface area contributed by atoms with E-state index in [0.717, 1.165) is 12.1 Å². The SMILES string of the molecule is C=C(C)c1cc(Cl)cnc1C(=O)Nc1ccc(F)c([C@]2(CF)CS(=O)(=O)C(C)(C)C(N)=N2)c1. The van der Waals surface area contributed by atoms with E-state index in [2.05, 4.69) is 21.9 Å². The molecule has 1 aliphatic rings. The average molecular weight is 497 g/mol. The number of pyridine rings is 1. The van der Waals surface area contributed by atoms with Crippen LogP contribution in [0.2, 0.25) is 5.02 Å². The summed E-state index contributed by atoms with van der Waals surface area (Å²) in [6.07, 6.45) is 1.29. The molecule has 33 heavy (non-hydrogen) atoms. The second-order valence-electron chi connectivity index (χ2n) is 8.41. The molecule has 2 heterocycles. The third-order valence-corrected chi connectivity index (χ3v) is 8.46.